The number of nitrogens with one attached hydrogen (secondary N) is 1. The van der Waals surface area contributed by atoms with Crippen molar-refractivity contribution in [3.05, 3.63) is 0 Å². The highest BCUT2D eigenvalue weighted by Crippen LogP contribution is 2.37. The van der Waals surface area contributed by atoms with Crippen molar-refractivity contribution in [3.63, 3.8) is 0 Å². The van der Waals surface area contributed by atoms with Gasteiger partial charge in [0, 0.05) is 12.1 Å². The van der Waals surface area contributed by atoms with E-state index < -0.39 is 0 Å². The molecule has 0 aromatic carbocycles. The van der Waals surface area contributed by atoms with Crippen LogP contribution < -0.4 is 11.1 Å². The quantitative estimate of drug-likeness (QED) is 0.773. The Hall–Kier alpha value is -0.0800. The molecule has 2 saturated carbocycles. The van der Waals surface area contributed by atoms with E-state index in [9.17, 15) is 0 Å². The van der Waals surface area contributed by atoms with E-state index in [1.165, 1.54) is 44.9 Å². The van der Waals surface area contributed by atoms with Gasteiger partial charge in [-0.1, -0.05) is 33.1 Å². The first-order valence-corrected chi connectivity index (χ1v) is 7.09. The van der Waals surface area contributed by atoms with E-state index in [0.717, 1.165) is 18.5 Å². The molecule has 2 fully saturated rings. The second kappa shape index (κ2) is 5.05. The highest BCUT2D eigenvalue weighted by molar-refractivity contribution is 4.93. The van der Waals surface area contributed by atoms with Crippen molar-refractivity contribution >= 4 is 0 Å². The molecule has 2 aliphatic carbocycles. The molecule has 3 unspecified atom stereocenters. The Bertz CT molecular complexity index is 225. The van der Waals surface area contributed by atoms with Gasteiger partial charge in [0.2, 0.25) is 0 Å². The molecule has 0 saturated heterocycles. The van der Waals surface area contributed by atoms with Crippen LogP contribution in [0.5, 0.6) is 0 Å². The van der Waals surface area contributed by atoms with E-state index in [1.54, 1.807) is 0 Å². The molecule has 2 nitrogen and oxygen atoms in total. The average Bonchev–Trinajstić information content (AvgIpc) is 2.68. The van der Waals surface area contributed by atoms with Gasteiger partial charge < -0.3 is 11.1 Å². The summed E-state index contributed by atoms with van der Waals surface area (Å²) < 4.78 is 0. The van der Waals surface area contributed by atoms with Gasteiger partial charge in [-0.3, -0.25) is 0 Å². The molecule has 0 aromatic rings. The Kier molecular flexibility index (Phi) is 3.91. The summed E-state index contributed by atoms with van der Waals surface area (Å²) >= 11 is 0. The highest BCUT2D eigenvalue weighted by Gasteiger charge is 2.36. The van der Waals surface area contributed by atoms with Crippen molar-refractivity contribution < 1.29 is 0 Å². The number of hydrogen-bond acceptors (Lipinski definition) is 2. The van der Waals surface area contributed by atoms with Crippen molar-refractivity contribution in [3.8, 4) is 0 Å². The monoisotopic (exact) mass is 224 g/mol. The minimum atomic E-state index is 0.486. The molecule has 0 amide bonds. The number of rotatable bonds is 3. The first kappa shape index (κ1) is 12.4. The van der Waals surface area contributed by atoms with Crippen LogP contribution in [0, 0.1) is 11.3 Å². The van der Waals surface area contributed by atoms with Gasteiger partial charge in [0.15, 0.2) is 0 Å². The maximum Gasteiger partial charge on any atom is 0.0121 e. The van der Waals surface area contributed by atoms with Gasteiger partial charge in [0.05, 0.1) is 0 Å². The highest BCUT2D eigenvalue weighted by atomic mass is 15.0. The van der Waals surface area contributed by atoms with Crippen LogP contribution in [0.1, 0.15) is 58.8 Å². The zero-order valence-corrected chi connectivity index (χ0v) is 11.0. The fourth-order valence-corrected chi connectivity index (χ4v) is 3.60. The summed E-state index contributed by atoms with van der Waals surface area (Å²) in [6.45, 7) is 5.72. The van der Waals surface area contributed by atoms with E-state index >= 15 is 0 Å². The van der Waals surface area contributed by atoms with Crippen molar-refractivity contribution in [1.82, 2.24) is 5.32 Å². The molecule has 2 heteroatoms. The first-order valence-electron chi connectivity index (χ1n) is 7.09. The van der Waals surface area contributed by atoms with Crippen LogP contribution in [-0.2, 0) is 0 Å². The summed E-state index contributed by atoms with van der Waals surface area (Å²) in [5.74, 6) is 0.734. The summed E-state index contributed by atoms with van der Waals surface area (Å²) in [5, 5.41) is 3.93. The molecule has 2 aliphatic rings. The fraction of sp³-hybridized carbons (Fsp3) is 1.00. The third kappa shape index (κ3) is 2.60. The average molecular weight is 224 g/mol. The lowest BCUT2D eigenvalue weighted by Gasteiger charge is -2.41. The molecular formula is C14H28N2. The second-order valence-electron chi connectivity index (χ2n) is 6.49. The minimum absolute atomic E-state index is 0.486. The fourth-order valence-electron chi connectivity index (χ4n) is 3.60. The molecule has 3 N–H and O–H groups in total. The van der Waals surface area contributed by atoms with E-state index in [1.807, 2.05) is 0 Å². The lowest BCUT2D eigenvalue weighted by Crippen LogP contribution is -2.50. The predicted octanol–water partition coefficient (Wildman–Crippen LogP) is 2.67. The Labute approximate surface area is 100 Å². The van der Waals surface area contributed by atoms with Gasteiger partial charge in [-0.25, -0.2) is 0 Å². The van der Waals surface area contributed by atoms with Crippen molar-refractivity contribution in [2.24, 2.45) is 17.1 Å². The summed E-state index contributed by atoms with van der Waals surface area (Å²) in [4.78, 5) is 0. The Morgan fingerprint density at radius 3 is 2.62 bits per heavy atom. The van der Waals surface area contributed by atoms with Gasteiger partial charge in [-0.2, -0.15) is 0 Å². The SMILES string of the molecule is CC1(C)CCCCC1NC1CCCC1CN. The molecule has 0 aliphatic heterocycles. The summed E-state index contributed by atoms with van der Waals surface area (Å²) in [7, 11) is 0. The molecule has 16 heavy (non-hydrogen) atoms. The lowest BCUT2D eigenvalue weighted by molar-refractivity contribution is 0.147. The molecule has 2 rings (SSSR count). The van der Waals surface area contributed by atoms with Crippen LogP contribution in [0.2, 0.25) is 0 Å². The molecule has 94 valence electrons. The van der Waals surface area contributed by atoms with E-state index in [4.69, 9.17) is 5.73 Å². The van der Waals surface area contributed by atoms with Gasteiger partial charge in [-0.05, 0) is 43.6 Å². The summed E-state index contributed by atoms with van der Waals surface area (Å²) in [5.41, 5.74) is 6.34. The molecule has 0 bridgehead atoms. The summed E-state index contributed by atoms with van der Waals surface area (Å²) in [6.07, 6.45) is 9.60. The second-order valence-corrected chi connectivity index (χ2v) is 6.49. The maximum atomic E-state index is 5.86. The molecule has 3 atom stereocenters. The molecule has 0 aromatic heterocycles. The molecule has 0 spiro atoms. The van der Waals surface area contributed by atoms with E-state index in [2.05, 4.69) is 19.2 Å². The van der Waals surface area contributed by atoms with Crippen LogP contribution in [0.3, 0.4) is 0 Å². The van der Waals surface area contributed by atoms with Gasteiger partial charge >= 0.3 is 0 Å². The van der Waals surface area contributed by atoms with Crippen molar-refractivity contribution in [2.75, 3.05) is 6.54 Å². The van der Waals surface area contributed by atoms with E-state index in [-0.39, 0.29) is 0 Å². The maximum absolute atomic E-state index is 5.86. The largest absolute Gasteiger partial charge is 0.330 e. The Morgan fingerprint density at radius 1 is 1.12 bits per heavy atom. The normalized spacial score (nSPS) is 38.8. The Balaban J connectivity index is 1.92. The van der Waals surface area contributed by atoms with Crippen LogP contribution in [0.25, 0.3) is 0 Å². The van der Waals surface area contributed by atoms with Gasteiger partial charge in [-0.15, -0.1) is 0 Å². The van der Waals surface area contributed by atoms with Crippen LogP contribution >= 0.6 is 0 Å². The third-order valence-corrected chi connectivity index (χ3v) is 4.88. The van der Waals surface area contributed by atoms with Gasteiger partial charge in [0.25, 0.3) is 0 Å². The lowest BCUT2D eigenvalue weighted by atomic mass is 9.73. The van der Waals surface area contributed by atoms with Crippen LogP contribution in [0.15, 0.2) is 0 Å². The minimum Gasteiger partial charge on any atom is -0.330 e. The topological polar surface area (TPSA) is 38.0 Å². The van der Waals surface area contributed by atoms with Crippen LogP contribution in [-0.4, -0.2) is 18.6 Å². The molecular weight excluding hydrogens is 196 g/mol. The third-order valence-electron chi connectivity index (χ3n) is 4.88. The van der Waals surface area contributed by atoms with Crippen LogP contribution in [0.4, 0.5) is 0 Å². The summed E-state index contributed by atoms with van der Waals surface area (Å²) in [6, 6.07) is 1.42. The predicted molar refractivity (Wildman–Crippen MR) is 69.4 cm³/mol. The van der Waals surface area contributed by atoms with Crippen molar-refractivity contribution in [2.45, 2.75) is 70.9 Å². The molecule has 0 radical (unpaired) electrons. The van der Waals surface area contributed by atoms with Gasteiger partial charge in [0.1, 0.15) is 0 Å². The smallest absolute Gasteiger partial charge is 0.0121 e. The first-order chi connectivity index (χ1) is 7.63. The van der Waals surface area contributed by atoms with Crippen molar-refractivity contribution in [1.29, 1.82) is 0 Å². The molecule has 0 heterocycles. The standard InChI is InChI=1S/C14H28N2/c1-14(2)9-4-3-8-13(14)16-12-7-5-6-11(12)10-15/h11-13,16H,3-10,15H2,1-2H3. The van der Waals surface area contributed by atoms with E-state index in [0.29, 0.717) is 11.5 Å². The number of hydrogen-bond donors (Lipinski definition) is 2. The zero-order valence-electron chi connectivity index (χ0n) is 11.0. The Morgan fingerprint density at radius 2 is 1.94 bits per heavy atom. The zero-order chi connectivity index (χ0) is 11.6. The number of nitrogens with two attached hydrogens (primary N) is 1.